The third-order valence-electron chi connectivity index (χ3n) is 5.89. The van der Waals surface area contributed by atoms with Crippen LogP contribution >= 0.6 is 0 Å². The molecule has 1 aliphatic heterocycles. The zero-order chi connectivity index (χ0) is 17.2. The summed E-state index contributed by atoms with van der Waals surface area (Å²) in [4.78, 5) is 0. The summed E-state index contributed by atoms with van der Waals surface area (Å²) < 4.78 is 0. The Hall–Kier alpha value is -0.820. The highest BCUT2D eigenvalue weighted by Gasteiger charge is 2.22. The lowest BCUT2D eigenvalue weighted by Gasteiger charge is -2.30. The fraction of sp³-hybridized carbons (Fsp3) is 0.739. The van der Waals surface area contributed by atoms with Crippen molar-refractivity contribution >= 4 is 0 Å². The molecule has 136 valence electrons. The van der Waals surface area contributed by atoms with Crippen LogP contribution in [-0.2, 0) is 0 Å². The van der Waals surface area contributed by atoms with Crippen LogP contribution in [0.4, 0.5) is 0 Å². The van der Waals surface area contributed by atoms with Gasteiger partial charge in [0.1, 0.15) is 0 Å². The molecule has 24 heavy (non-hydrogen) atoms. The van der Waals surface area contributed by atoms with E-state index in [4.69, 9.17) is 0 Å². The summed E-state index contributed by atoms with van der Waals surface area (Å²) in [6.07, 6.45) is 25.0. The van der Waals surface area contributed by atoms with Crippen LogP contribution in [0.15, 0.2) is 36.5 Å². The van der Waals surface area contributed by atoms with Crippen molar-refractivity contribution < 1.29 is 0 Å². The van der Waals surface area contributed by atoms with Gasteiger partial charge in [0.2, 0.25) is 0 Å². The summed E-state index contributed by atoms with van der Waals surface area (Å²) in [5, 5.41) is 3.66. The summed E-state index contributed by atoms with van der Waals surface area (Å²) >= 11 is 0. The molecule has 0 saturated heterocycles. The van der Waals surface area contributed by atoms with E-state index >= 15 is 0 Å². The molecular weight excluding hydrogens is 290 g/mol. The number of nitrogens with one attached hydrogen (secondary N) is 1. The molecule has 5 atom stereocenters. The Balaban J connectivity index is 1.67. The average Bonchev–Trinajstić information content (AvgIpc) is 2.61. The molecule has 0 amide bonds. The van der Waals surface area contributed by atoms with Gasteiger partial charge in [-0.05, 0) is 82.1 Å². The molecule has 1 aliphatic carbocycles. The van der Waals surface area contributed by atoms with Crippen molar-refractivity contribution in [3.05, 3.63) is 36.5 Å². The van der Waals surface area contributed by atoms with Gasteiger partial charge in [-0.3, -0.25) is 0 Å². The monoisotopic (exact) mass is 329 g/mol. The first-order valence-corrected chi connectivity index (χ1v) is 10.4. The molecule has 0 radical (unpaired) electrons. The second kappa shape index (κ2) is 10.9. The van der Waals surface area contributed by atoms with Crippen molar-refractivity contribution in [2.45, 2.75) is 78.2 Å². The van der Waals surface area contributed by atoms with Crippen molar-refractivity contribution in [2.24, 2.45) is 23.7 Å². The predicted octanol–water partition coefficient (Wildman–Crippen LogP) is 6.29. The van der Waals surface area contributed by atoms with Gasteiger partial charge in [-0.15, -0.1) is 0 Å². The van der Waals surface area contributed by atoms with Crippen LogP contribution in [0.5, 0.6) is 0 Å². The van der Waals surface area contributed by atoms with Crippen LogP contribution < -0.4 is 5.32 Å². The number of allylic oxidation sites excluding steroid dienone is 4. The molecule has 0 bridgehead atoms. The van der Waals surface area contributed by atoms with Gasteiger partial charge >= 0.3 is 0 Å². The molecule has 0 aromatic carbocycles. The molecular formula is C23H39N. The van der Waals surface area contributed by atoms with Gasteiger partial charge in [-0.2, -0.15) is 0 Å². The van der Waals surface area contributed by atoms with Crippen LogP contribution in [0.3, 0.4) is 0 Å². The van der Waals surface area contributed by atoms with E-state index in [9.17, 15) is 0 Å². The van der Waals surface area contributed by atoms with Gasteiger partial charge in [-0.25, -0.2) is 0 Å². The molecule has 0 aromatic rings. The van der Waals surface area contributed by atoms with E-state index in [-0.39, 0.29) is 0 Å². The summed E-state index contributed by atoms with van der Waals surface area (Å²) in [6, 6.07) is 0.599. The van der Waals surface area contributed by atoms with Crippen molar-refractivity contribution in [2.75, 3.05) is 6.54 Å². The van der Waals surface area contributed by atoms with Gasteiger partial charge in [-0.1, -0.05) is 56.7 Å². The fourth-order valence-electron chi connectivity index (χ4n) is 4.37. The van der Waals surface area contributed by atoms with Gasteiger partial charge < -0.3 is 5.32 Å². The van der Waals surface area contributed by atoms with E-state index in [1.165, 1.54) is 51.4 Å². The Morgan fingerprint density at radius 1 is 1.08 bits per heavy atom. The van der Waals surface area contributed by atoms with E-state index in [1.807, 2.05) is 0 Å². The molecule has 1 heterocycles. The van der Waals surface area contributed by atoms with Crippen molar-refractivity contribution in [3.8, 4) is 0 Å². The summed E-state index contributed by atoms with van der Waals surface area (Å²) in [6.45, 7) is 8.13. The van der Waals surface area contributed by atoms with E-state index in [1.54, 1.807) is 0 Å². The van der Waals surface area contributed by atoms with Crippen LogP contribution in [0.25, 0.3) is 0 Å². The van der Waals surface area contributed by atoms with E-state index in [0.29, 0.717) is 6.04 Å². The second-order valence-electron chi connectivity index (χ2n) is 8.23. The molecule has 1 heteroatoms. The van der Waals surface area contributed by atoms with Crippen molar-refractivity contribution in [1.82, 2.24) is 5.32 Å². The third-order valence-corrected chi connectivity index (χ3v) is 5.89. The summed E-state index contributed by atoms with van der Waals surface area (Å²) in [5.41, 5.74) is 0. The van der Waals surface area contributed by atoms with Crippen LogP contribution in [-0.4, -0.2) is 12.6 Å². The Labute approximate surface area is 150 Å². The first-order valence-electron chi connectivity index (χ1n) is 10.4. The minimum absolute atomic E-state index is 0.599. The topological polar surface area (TPSA) is 12.0 Å². The Bertz CT molecular complexity index is 420. The van der Waals surface area contributed by atoms with Crippen molar-refractivity contribution in [3.63, 3.8) is 0 Å². The van der Waals surface area contributed by atoms with Crippen LogP contribution in [0, 0.1) is 23.7 Å². The Kier molecular flexibility index (Phi) is 8.88. The maximum absolute atomic E-state index is 3.66. The highest BCUT2D eigenvalue weighted by atomic mass is 14.9. The van der Waals surface area contributed by atoms with Crippen LogP contribution in [0.2, 0.25) is 0 Å². The maximum Gasteiger partial charge on any atom is 0.0276 e. The zero-order valence-corrected chi connectivity index (χ0v) is 16.2. The van der Waals surface area contributed by atoms with E-state index in [2.05, 4.69) is 62.5 Å². The van der Waals surface area contributed by atoms with Gasteiger partial charge in [0.05, 0.1) is 0 Å². The van der Waals surface area contributed by atoms with Crippen LogP contribution in [0.1, 0.15) is 72.1 Å². The number of hydrogen-bond donors (Lipinski definition) is 1. The molecule has 2 aliphatic rings. The first-order chi connectivity index (χ1) is 11.7. The van der Waals surface area contributed by atoms with E-state index in [0.717, 1.165) is 30.2 Å². The minimum atomic E-state index is 0.599. The molecule has 5 unspecified atom stereocenters. The Morgan fingerprint density at radius 2 is 1.83 bits per heavy atom. The largest absolute Gasteiger partial charge is 0.310 e. The standard InChI is InChI=1S/C23H39N/c1-4-5-6-7-10-19(2)17-21-12-14-22(15-13-21)18-20(3)23-11-8-9-16-24-23/h4-5,8,11-12,14,19-24H,6-7,9-10,13,15-18H2,1-3H3/b5-4-. The van der Waals surface area contributed by atoms with E-state index < -0.39 is 0 Å². The lowest BCUT2D eigenvalue weighted by Crippen LogP contribution is -2.36. The highest BCUT2D eigenvalue weighted by molar-refractivity contribution is 5.03. The van der Waals surface area contributed by atoms with Gasteiger partial charge in [0.15, 0.2) is 0 Å². The lowest BCUT2D eigenvalue weighted by molar-refractivity contribution is 0.314. The number of unbranched alkanes of at least 4 members (excludes halogenated alkanes) is 1. The van der Waals surface area contributed by atoms with Gasteiger partial charge in [0, 0.05) is 6.04 Å². The Morgan fingerprint density at radius 3 is 2.46 bits per heavy atom. The third kappa shape index (κ3) is 6.97. The first kappa shape index (κ1) is 19.5. The zero-order valence-electron chi connectivity index (χ0n) is 16.2. The van der Waals surface area contributed by atoms with Crippen molar-refractivity contribution in [1.29, 1.82) is 0 Å². The number of hydrogen-bond acceptors (Lipinski definition) is 1. The normalized spacial score (nSPS) is 29.9. The molecule has 1 nitrogen and oxygen atoms in total. The second-order valence-corrected chi connectivity index (χ2v) is 8.23. The SMILES string of the molecule is C/C=C\CCCC(C)CC1C=CC(CC(C)C2C=CCCN2)CC1. The minimum Gasteiger partial charge on any atom is -0.310 e. The maximum atomic E-state index is 3.66. The molecule has 2 rings (SSSR count). The molecule has 0 spiro atoms. The molecule has 0 fully saturated rings. The average molecular weight is 330 g/mol. The highest BCUT2D eigenvalue weighted by Crippen LogP contribution is 2.32. The molecule has 0 saturated carbocycles. The van der Waals surface area contributed by atoms with Gasteiger partial charge in [0.25, 0.3) is 0 Å². The predicted molar refractivity (Wildman–Crippen MR) is 107 cm³/mol. The molecule has 1 N–H and O–H groups in total. The quantitative estimate of drug-likeness (QED) is 0.387. The summed E-state index contributed by atoms with van der Waals surface area (Å²) in [7, 11) is 0. The smallest absolute Gasteiger partial charge is 0.0276 e. The summed E-state index contributed by atoms with van der Waals surface area (Å²) in [5.74, 6) is 3.26. The molecule has 0 aromatic heterocycles. The fourth-order valence-corrected chi connectivity index (χ4v) is 4.37. The lowest BCUT2D eigenvalue weighted by atomic mass is 9.78. The number of rotatable bonds is 9.